The minimum absolute atomic E-state index is 0.0792. The Morgan fingerprint density at radius 2 is 1.55 bits per heavy atom. The van der Waals surface area contributed by atoms with Crippen molar-refractivity contribution in [3.8, 4) is 5.88 Å². The summed E-state index contributed by atoms with van der Waals surface area (Å²) in [7, 11) is -3.94. The molecule has 0 fully saturated rings. The Morgan fingerprint density at radius 1 is 0.966 bits per heavy atom. The molecule has 29 heavy (non-hydrogen) atoms. The fourth-order valence-corrected chi connectivity index (χ4v) is 4.42. The van der Waals surface area contributed by atoms with Gasteiger partial charge < -0.3 is 4.74 Å². The normalized spacial score (nSPS) is 12.0. The summed E-state index contributed by atoms with van der Waals surface area (Å²) in [6, 6.07) is 15.0. The van der Waals surface area contributed by atoms with E-state index >= 15 is 0 Å². The standard InChI is InChI=1S/C22H24N2O4S/c1-15-11-13-18(14-12-15)29(26,27)19-16(2)23-24(22(3,4)5)20(19)28-21(25)17-9-7-6-8-10-17/h6-14H,1-5H3. The second kappa shape index (κ2) is 7.48. The van der Waals surface area contributed by atoms with Crippen LogP contribution in [-0.4, -0.2) is 24.2 Å². The van der Waals surface area contributed by atoms with Crippen LogP contribution in [0.4, 0.5) is 0 Å². The van der Waals surface area contributed by atoms with E-state index in [1.54, 1.807) is 61.5 Å². The van der Waals surface area contributed by atoms with Gasteiger partial charge in [-0.2, -0.15) is 5.10 Å². The molecule has 1 aromatic heterocycles. The number of rotatable bonds is 4. The largest absolute Gasteiger partial charge is 0.403 e. The van der Waals surface area contributed by atoms with Crippen LogP contribution in [0.5, 0.6) is 5.88 Å². The number of carbonyl (C=O) groups excluding carboxylic acids is 1. The van der Waals surface area contributed by atoms with Crippen molar-refractivity contribution in [2.24, 2.45) is 0 Å². The summed E-state index contributed by atoms with van der Waals surface area (Å²) < 4.78 is 33.9. The highest BCUT2D eigenvalue weighted by Crippen LogP contribution is 2.36. The second-order valence-electron chi connectivity index (χ2n) is 7.87. The van der Waals surface area contributed by atoms with Gasteiger partial charge in [-0.3, -0.25) is 0 Å². The van der Waals surface area contributed by atoms with Crippen LogP contribution in [0.25, 0.3) is 0 Å². The number of carbonyl (C=O) groups is 1. The molecule has 0 N–H and O–H groups in total. The van der Waals surface area contributed by atoms with E-state index in [-0.39, 0.29) is 21.4 Å². The Morgan fingerprint density at radius 3 is 2.10 bits per heavy atom. The molecule has 1 heterocycles. The van der Waals surface area contributed by atoms with Gasteiger partial charge >= 0.3 is 5.97 Å². The van der Waals surface area contributed by atoms with Crippen LogP contribution in [0, 0.1) is 13.8 Å². The third kappa shape index (κ3) is 4.10. The van der Waals surface area contributed by atoms with Crippen molar-refractivity contribution in [3.05, 3.63) is 71.4 Å². The topological polar surface area (TPSA) is 78.3 Å². The van der Waals surface area contributed by atoms with Gasteiger partial charge in [0.25, 0.3) is 0 Å². The number of hydrogen-bond donors (Lipinski definition) is 0. The first kappa shape index (κ1) is 20.8. The monoisotopic (exact) mass is 412 g/mol. The van der Waals surface area contributed by atoms with Crippen LogP contribution in [-0.2, 0) is 15.4 Å². The van der Waals surface area contributed by atoms with Gasteiger partial charge in [-0.15, -0.1) is 0 Å². The smallest absolute Gasteiger partial charge is 0.344 e. The maximum atomic E-state index is 13.4. The molecule has 0 aliphatic rings. The minimum Gasteiger partial charge on any atom is -0.403 e. The number of benzene rings is 2. The molecule has 0 radical (unpaired) electrons. The summed E-state index contributed by atoms with van der Waals surface area (Å²) >= 11 is 0. The molecule has 0 bridgehead atoms. The van der Waals surface area contributed by atoms with Crippen molar-refractivity contribution >= 4 is 15.8 Å². The number of nitrogens with zero attached hydrogens (tertiary/aromatic N) is 2. The van der Waals surface area contributed by atoms with Crippen molar-refractivity contribution in [2.75, 3.05) is 0 Å². The number of ether oxygens (including phenoxy) is 1. The van der Waals surface area contributed by atoms with Crippen LogP contribution < -0.4 is 4.74 Å². The predicted molar refractivity (Wildman–Crippen MR) is 110 cm³/mol. The van der Waals surface area contributed by atoms with E-state index in [0.717, 1.165) is 5.56 Å². The molecule has 6 nitrogen and oxygen atoms in total. The lowest BCUT2D eigenvalue weighted by Crippen LogP contribution is -2.26. The molecule has 2 aromatic carbocycles. The average molecular weight is 413 g/mol. The van der Waals surface area contributed by atoms with E-state index in [0.29, 0.717) is 5.56 Å². The van der Waals surface area contributed by atoms with Gasteiger partial charge in [0.2, 0.25) is 15.7 Å². The van der Waals surface area contributed by atoms with Crippen molar-refractivity contribution < 1.29 is 17.9 Å². The van der Waals surface area contributed by atoms with Gasteiger partial charge in [0, 0.05) is 0 Å². The van der Waals surface area contributed by atoms with Crippen molar-refractivity contribution in [3.63, 3.8) is 0 Å². The van der Waals surface area contributed by atoms with E-state index in [2.05, 4.69) is 5.10 Å². The third-order valence-corrected chi connectivity index (χ3v) is 6.30. The second-order valence-corrected chi connectivity index (χ2v) is 9.76. The van der Waals surface area contributed by atoms with Gasteiger partial charge in [-0.25, -0.2) is 17.9 Å². The number of hydrogen-bond acceptors (Lipinski definition) is 5. The lowest BCUT2D eigenvalue weighted by Gasteiger charge is -2.22. The van der Waals surface area contributed by atoms with E-state index in [9.17, 15) is 13.2 Å². The lowest BCUT2D eigenvalue weighted by molar-refractivity contribution is 0.0703. The van der Waals surface area contributed by atoms with Crippen LogP contribution in [0.2, 0.25) is 0 Å². The third-order valence-electron chi connectivity index (χ3n) is 4.40. The van der Waals surface area contributed by atoms with Crippen molar-refractivity contribution in [1.29, 1.82) is 0 Å². The van der Waals surface area contributed by atoms with E-state index in [1.807, 2.05) is 27.7 Å². The highest BCUT2D eigenvalue weighted by atomic mass is 32.2. The van der Waals surface area contributed by atoms with Crippen LogP contribution in [0.15, 0.2) is 64.4 Å². The predicted octanol–water partition coefficient (Wildman–Crippen LogP) is 4.31. The SMILES string of the molecule is Cc1ccc(S(=O)(=O)c2c(C)nn(C(C)(C)C)c2OC(=O)c2ccccc2)cc1. The molecular formula is C22H24N2O4S. The first-order valence-electron chi connectivity index (χ1n) is 9.21. The summed E-state index contributed by atoms with van der Waals surface area (Å²) in [6.45, 7) is 9.07. The zero-order valence-corrected chi connectivity index (χ0v) is 17.9. The molecule has 3 rings (SSSR count). The summed E-state index contributed by atoms with van der Waals surface area (Å²) in [4.78, 5) is 12.7. The summed E-state index contributed by atoms with van der Waals surface area (Å²) in [5.74, 6) is -0.721. The maximum Gasteiger partial charge on any atom is 0.344 e. The fourth-order valence-electron chi connectivity index (χ4n) is 2.90. The number of aryl methyl sites for hydroxylation is 2. The molecule has 0 saturated carbocycles. The van der Waals surface area contributed by atoms with Gasteiger partial charge in [0.15, 0.2) is 4.90 Å². The molecule has 3 aromatic rings. The van der Waals surface area contributed by atoms with Crippen molar-refractivity contribution in [2.45, 2.75) is 49.9 Å². The summed E-state index contributed by atoms with van der Waals surface area (Å²) in [5.41, 5.74) is 0.946. The Hall–Kier alpha value is -2.93. The maximum absolute atomic E-state index is 13.4. The lowest BCUT2D eigenvalue weighted by atomic mass is 10.1. The van der Waals surface area contributed by atoms with E-state index in [1.165, 1.54) is 4.68 Å². The molecule has 0 aliphatic heterocycles. The van der Waals surface area contributed by atoms with Gasteiger partial charge in [0.1, 0.15) is 0 Å². The van der Waals surface area contributed by atoms with Gasteiger partial charge in [-0.05, 0) is 58.9 Å². The Labute approximate surface area is 171 Å². The van der Waals surface area contributed by atoms with Crippen molar-refractivity contribution in [1.82, 2.24) is 9.78 Å². The summed E-state index contributed by atoms with van der Waals surface area (Å²) in [5, 5.41) is 4.40. The molecule has 0 saturated heterocycles. The number of aromatic nitrogens is 2. The Balaban J connectivity index is 2.18. The Kier molecular flexibility index (Phi) is 5.36. The fraction of sp³-hybridized carbons (Fsp3) is 0.273. The highest BCUT2D eigenvalue weighted by Gasteiger charge is 2.34. The molecule has 7 heteroatoms. The average Bonchev–Trinajstić information content (AvgIpc) is 3.00. The molecule has 152 valence electrons. The van der Waals surface area contributed by atoms with Crippen LogP contribution >= 0.6 is 0 Å². The zero-order valence-electron chi connectivity index (χ0n) is 17.1. The quantitative estimate of drug-likeness (QED) is 0.597. The number of sulfone groups is 1. The first-order chi connectivity index (χ1) is 13.5. The first-order valence-corrected chi connectivity index (χ1v) is 10.7. The van der Waals surface area contributed by atoms with Gasteiger partial charge in [-0.1, -0.05) is 35.9 Å². The molecule has 0 atom stereocenters. The van der Waals surface area contributed by atoms with E-state index < -0.39 is 21.3 Å². The Bertz CT molecular complexity index is 1140. The highest BCUT2D eigenvalue weighted by molar-refractivity contribution is 7.91. The molecular weight excluding hydrogens is 388 g/mol. The van der Waals surface area contributed by atoms with Gasteiger partial charge in [0.05, 0.1) is 21.7 Å². The van der Waals surface area contributed by atoms with Crippen LogP contribution in [0.3, 0.4) is 0 Å². The van der Waals surface area contributed by atoms with Crippen LogP contribution in [0.1, 0.15) is 42.4 Å². The van der Waals surface area contributed by atoms with E-state index in [4.69, 9.17) is 4.74 Å². The minimum atomic E-state index is -3.94. The molecule has 0 aliphatic carbocycles. The number of esters is 1. The molecule has 0 spiro atoms. The zero-order chi connectivity index (χ0) is 21.4. The summed E-state index contributed by atoms with van der Waals surface area (Å²) in [6.07, 6.45) is 0. The molecule has 0 unspecified atom stereocenters. The molecule has 0 amide bonds.